The van der Waals surface area contributed by atoms with Crippen LogP contribution in [0.4, 0.5) is 13.2 Å². The summed E-state index contributed by atoms with van der Waals surface area (Å²) in [6, 6.07) is -0.491. The third-order valence-electron chi connectivity index (χ3n) is 7.58. The Bertz CT molecular complexity index is 1280. The van der Waals surface area contributed by atoms with Crippen LogP contribution in [0.25, 0.3) is 10.4 Å². The smallest absolute Gasteiger partial charge is 0.348 e. The number of fused-ring (bicyclic) bond motifs is 2. The molecular weight excluding hydrogens is 639 g/mol. The lowest BCUT2D eigenvalue weighted by atomic mass is 10.0. The van der Waals surface area contributed by atoms with E-state index in [4.69, 9.17) is 52.9 Å². The van der Waals surface area contributed by atoms with Gasteiger partial charge in [0, 0.05) is 4.91 Å². The Labute approximate surface area is 257 Å². The number of hydrogen-bond donors (Lipinski definition) is 0. The van der Waals surface area contributed by atoms with Crippen molar-refractivity contribution in [2.24, 2.45) is 5.11 Å². The molecule has 10 atom stereocenters. The maximum Gasteiger partial charge on any atom is 0.523 e. The molecule has 6 fully saturated rings. The molecule has 0 N–H and O–H groups in total. The number of halogens is 3. The Morgan fingerprint density at radius 2 is 1.18 bits per heavy atom. The fourth-order valence-corrected chi connectivity index (χ4v) is 6.50. The van der Waals surface area contributed by atoms with Crippen LogP contribution in [0.5, 0.6) is 0 Å². The second-order valence-corrected chi connectivity index (χ2v) is 14.6. The number of hydrogen-bond acceptors (Lipinski definition) is 14. The minimum Gasteiger partial charge on any atom is -0.348 e. The minimum absolute atomic E-state index is 0.00751. The Morgan fingerprint density at radius 1 is 0.711 bits per heavy atom. The highest BCUT2D eigenvalue weighted by molar-refractivity contribution is 7.87. The molecule has 4 unspecified atom stereocenters. The standard InChI is InChI=1S/C13H19F3O8S.C12H19N3O5/c1-11(2)19-5-6(21-11)7-8(24-25(17,18)13(14,15)16)9-10(20-7)23-12(3,4)22-9;1-11(2)16-5-6(18-11)8-7(14-15-13)9-10(17-8)20-12(3,4)19-9/h6-10H,5H2,1-4H3;6-10H,5H2,1-4H3/t6?,7-,8?,9+,10-;6?,7?,8-,9+,10-/m11/s1. The summed E-state index contributed by atoms with van der Waals surface area (Å²) in [4.78, 5) is 2.90. The van der Waals surface area contributed by atoms with Gasteiger partial charge in [-0.05, 0) is 60.9 Å². The third-order valence-corrected chi connectivity index (χ3v) is 8.62. The number of azide groups is 1. The summed E-state index contributed by atoms with van der Waals surface area (Å²) in [7, 11) is -5.86. The summed E-state index contributed by atoms with van der Waals surface area (Å²) in [5.41, 5.74) is 3.20. The highest BCUT2D eigenvalue weighted by Gasteiger charge is 2.62. The highest BCUT2D eigenvalue weighted by atomic mass is 32.2. The zero-order valence-corrected chi connectivity index (χ0v) is 26.7. The van der Waals surface area contributed by atoms with Gasteiger partial charge in [-0.25, -0.2) is 0 Å². The van der Waals surface area contributed by atoms with Gasteiger partial charge in [-0.3, -0.25) is 4.18 Å². The molecule has 0 aromatic heterocycles. The molecule has 0 bridgehead atoms. The van der Waals surface area contributed by atoms with Gasteiger partial charge in [0.15, 0.2) is 35.7 Å². The second kappa shape index (κ2) is 11.6. The lowest BCUT2D eigenvalue weighted by molar-refractivity contribution is -0.230. The van der Waals surface area contributed by atoms with Gasteiger partial charge in [-0.15, -0.1) is 0 Å². The van der Waals surface area contributed by atoms with Crippen molar-refractivity contribution in [3.05, 3.63) is 10.4 Å². The number of nitrogens with zero attached hydrogens (tertiary/aromatic N) is 3. The summed E-state index contributed by atoms with van der Waals surface area (Å²) in [5.74, 6) is -3.54. The zero-order chi connectivity index (χ0) is 33.4. The van der Waals surface area contributed by atoms with Crippen molar-refractivity contribution < 1.29 is 73.1 Å². The van der Waals surface area contributed by atoms with Gasteiger partial charge in [-0.2, -0.15) is 21.6 Å². The minimum atomic E-state index is -5.86. The van der Waals surface area contributed by atoms with Crippen LogP contribution >= 0.6 is 0 Å². The molecule has 20 heteroatoms. The first-order chi connectivity index (χ1) is 20.5. The largest absolute Gasteiger partial charge is 0.523 e. The van der Waals surface area contributed by atoms with Gasteiger partial charge in [0.2, 0.25) is 0 Å². The van der Waals surface area contributed by atoms with E-state index >= 15 is 0 Å². The van der Waals surface area contributed by atoms with Crippen LogP contribution in [-0.2, 0) is 61.7 Å². The summed E-state index contributed by atoms with van der Waals surface area (Å²) in [6.07, 6.45) is -7.56. The molecule has 0 saturated carbocycles. The molecule has 258 valence electrons. The van der Waals surface area contributed by atoms with Gasteiger partial charge in [0.25, 0.3) is 0 Å². The Hall–Kier alpha value is -1.39. The molecule has 6 aliphatic rings. The molecule has 0 spiro atoms. The fourth-order valence-electron chi connectivity index (χ4n) is 5.88. The van der Waals surface area contributed by atoms with Gasteiger partial charge in [0.05, 0.1) is 19.3 Å². The molecule has 0 radical (unpaired) electrons. The number of ether oxygens (including phenoxy) is 10. The van der Waals surface area contributed by atoms with Crippen LogP contribution in [0.2, 0.25) is 0 Å². The molecule has 0 aromatic carbocycles. The first-order valence-electron chi connectivity index (χ1n) is 14.2. The summed E-state index contributed by atoms with van der Waals surface area (Å²) < 4.78 is 122. The van der Waals surface area contributed by atoms with Crippen molar-refractivity contribution in [2.45, 2.75) is 145 Å². The van der Waals surface area contributed by atoms with Crippen molar-refractivity contribution in [3.63, 3.8) is 0 Å². The topological polar surface area (TPSA) is 184 Å². The summed E-state index contributed by atoms with van der Waals surface area (Å²) in [6.45, 7) is 13.9. The third kappa shape index (κ3) is 7.38. The summed E-state index contributed by atoms with van der Waals surface area (Å²) in [5, 5.41) is 3.82. The van der Waals surface area contributed by atoms with E-state index in [1.54, 1.807) is 27.7 Å². The lowest BCUT2D eigenvalue weighted by Gasteiger charge is -2.28. The van der Waals surface area contributed by atoms with Crippen LogP contribution in [-0.4, -0.2) is 112 Å². The van der Waals surface area contributed by atoms with E-state index in [0.29, 0.717) is 6.61 Å². The summed E-state index contributed by atoms with van der Waals surface area (Å²) >= 11 is 0. The van der Waals surface area contributed by atoms with Crippen molar-refractivity contribution in [2.75, 3.05) is 13.2 Å². The van der Waals surface area contributed by atoms with Crippen molar-refractivity contribution in [1.29, 1.82) is 0 Å². The van der Waals surface area contributed by atoms with Crippen LogP contribution in [0, 0.1) is 0 Å². The fraction of sp³-hybridized carbons (Fsp3) is 1.00. The van der Waals surface area contributed by atoms with Gasteiger partial charge >= 0.3 is 15.6 Å². The molecule has 6 rings (SSSR count). The zero-order valence-electron chi connectivity index (χ0n) is 25.9. The van der Waals surface area contributed by atoms with Crippen LogP contribution in [0.15, 0.2) is 5.11 Å². The highest BCUT2D eigenvalue weighted by Crippen LogP contribution is 2.44. The Kier molecular flexibility index (Phi) is 9.04. The average molecular weight is 678 g/mol. The van der Waals surface area contributed by atoms with E-state index < -0.39 is 94.0 Å². The quantitative estimate of drug-likeness (QED) is 0.136. The second-order valence-electron chi connectivity index (χ2n) is 13.0. The SMILES string of the molecule is CC1(C)OCC([C@H]2O[C@@H]3OC(C)(C)O[C@H]3C2N=[N+]=[N-])O1.CC1(C)OCC([C@H]2O[C@@H]3OC(C)(C)O[C@H]3C2OS(=O)(=O)C(F)(F)F)O1. The van der Waals surface area contributed by atoms with E-state index in [0.717, 1.165) is 0 Å². The van der Waals surface area contributed by atoms with Crippen LogP contribution < -0.4 is 0 Å². The molecule has 0 amide bonds. The first-order valence-corrected chi connectivity index (χ1v) is 15.6. The Morgan fingerprint density at radius 3 is 1.64 bits per heavy atom. The molecular formula is C25H38F3N3O13S. The molecule has 6 saturated heterocycles. The van der Waals surface area contributed by atoms with Crippen LogP contribution in [0.3, 0.4) is 0 Å². The lowest BCUT2D eigenvalue weighted by Crippen LogP contribution is -2.46. The van der Waals surface area contributed by atoms with Gasteiger partial charge in [0.1, 0.15) is 42.7 Å². The Balaban J connectivity index is 0.000000182. The molecule has 0 aliphatic carbocycles. The first kappa shape index (κ1) is 34.9. The predicted octanol–water partition coefficient (Wildman–Crippen LogP) is 2.94. The van der Waals surface area contributed by atoms with E-state index in [9.17, 15) is 21.6 Å². The molecule has 16 nitrogen and oxygen atoms in total. The van der Waals surface area contributed by atoms with Gasteiger partial charge in [-0.1, -0.05) is 5.11 Å². The van der Waals surface area contributed by atoms with E-state index in [2.05, 4.69) is 14.2 Å². The molecule has 0 aromatic rings. The number of alkyl halides is 3. The maximum absolute atomic E-state index is 12.7. The normalized spacial score (nSPS) is 42.5. The molecule has 6 aliphatic heterocycles. The average Bonchev–Trinajstić information content (AvgIpc) is 3.68. The maximum atomic E-state index is 12.7. The number of rotatable bonds is 5. The monoisotopic (exact) mass is 677 g/mol. The van der Waals surface area contributed by atoms with Crippen molar-refractivity contribution in [3.8, 4) is 0 Å². The van der Waals surface area contributed by atoms with Crippen LogP contribution in [0.1, 0.15) is 55.4 Å². The van der Waals surface area contributed by atoms with E-state index in [1.165, 1.54) is 13.8 Å². The van der Waals surface area contributed by atoms with E-state index in [1.807, 2.05) is 13.8 Å². The van der Waals surface area contributed by atoms with Crippen molar-refractivity contribution >= 4 is 10.1 Å². The predicted molar refractivity (Wildman–Crippen MR) is 140 cm³/mol. The van der Waals surface area contributed by atoms with E-state index in [-0.39, 0.29) is 12.7 Å². The van der Waals surface area contributed by atoms with Gasteiger partial charge < -0.3 is 47.4 Å². The molecule has 6 heterocycles. The molecule has 45 heavy (non-hydrogen) atoms. The van der Waals surface area contributed by atoms with Crippen molar-refractivity contribution in [1.82, 2.24) is 0 Å².